The molecule has 1 unspecified atom stereocenters. The number of nitrogens with zero attached hydrogens (tertiary/aromatic N) is 2. The molecule has 1 aromatic carbocycles. The zero-order chi connectivity index (χ0) is 14.8. The molecule has 1 aromatic heterocycles. The highest BCUT2D eigenvalue weighted by atomic mass is 79.9. The van der Waals surface area contributed by atoms with Gasteiger partial charge in [-0.2, -0.15) is 0 Å². The van der Waals surface area contributed by atoms with Gasteiger partial charge in [0.2, 0.25) is 0 Å². The van der Waals surface area contributed by atoms with E-state index in [1.165, 1.54) is 0 Å². The van der Waals surface area contributed by atoms with Crippen LogP contribution in [0.15, 0.2) is 28.9 Å². The minimum atomic E-state index is -0.489. The summed E-state index contributed by atoms with van der Waals surface area (Å²) in [4.78, 5) is 4.59. The van der Waals surface area contributed by atoms with Gasteiger partial charge < -0.3 is 14.0 Å². The van der Waals surface area contributed by atoms with E-state index in [2.05, 4.69) is 20.9 Å². The van der Waals surface area contributed by atoms with E-state index >= 15 is 0 Å². The van der Waals surface area contributed by atoms with E-state index in [0.717, 1.165) is 33.9 Å². The number of hydrogen-bond donors (Lipinski definition) is 0. The maximum absolute atomic E-state index is 13.0. The van der Waals surface area contributed by atoms with Crippen molar-refractivity contribution in [1.29, 1.82) is 0 Å². The Balaban J connectivity index is 2.02. The van der Waals surface area contributed by atoms with E-state index in [4.69, 9.17) is 9.47 Å². The highest BCUT2D eigenvalue weighted by molar-refractivity contribution is 9.10. The maximum Gasteiger partial charge on any atom is 0.141 e. The minimum absolute atomic E-state index is 0.413. The lowest BCUT2D eigenvalue weighted by molar-refractivity contribution is 0.0355. The molecule has 4 nitrogen and oxygen atoms in total. The van der Waals surface area contributed by atoms with Crippen LogP contribution in [0.25, 0.3) is 11.4 Å². The number of methoxy groups -OCH3 is 1. The van der Waals surface area contributed by atoms with E-state index in [-0.39, 0.29) is 0 Å². The number of hydrogen-bond acceptors (Lipinski definition) is 3. The van der Waals surface area contributed by atoms with Gasteiger partial charge in [-0.3, -0.25) is 0 Å². The van der Waals surface area contributed by atoms with Gasteiger partial charge in [0.25, 0.3) is 0 Å². The lowest BCUT2D eigenvalue weighted by atomic mass is 10.2. The molecule has 1 atom stereocenters. The van der Waals surface area contributed by atoms with Gasteiger partial charge in [-0.1, -0.05) is 0 Å². The molecule has 0 saturated carbocycles. The molecule has 3 rings (SSSR count). The molecular weight excluding hydrogens is 339 g/mol. The van der Waals surface area contributed by atoms with E-state index in [1.54, 1.807) is 7.11 Å². The third-order valence-electron chi connectivity index (χ3n) is 3.62. The van der Waals surface area contributed by atoms with Crippen molar-refractivity contribution in [3.05, 3.63) is 34.6 Å². The zero-order valence-electron chi connectivity index (χ0n) is 11.7. The molecule has 0 bridgehead atoms. The van der Waals surface area contributed by atoms with Crippen LogP contribution in [0.1, 0.15) is 5.69 Å². The lowest BCUT2D eigenvalue weighted by Crippen LogP contribution is -2.21. The molecule has 2 aromatic rings. The molecule has 112 valence electrons. The summed E-state index contributed by atoms with van der Waals surface area (Å²) in [5.74, 6) is 1.62. The molecule has 0 aliphatic carbocycles. The van der Waals surface area contributed by atoms with Gasteiger partial charge in [0.15, 0.2) is 0 Å². The summed E-state index contributed by atoms with van der Waals surface area (Å²) in [7, 11) is 1.64. The van der Waals surface area contributed by atoms with Crippen LogP contribution in [-0.2, 0) is 17.7 Å². The highest BCUT2D eigenvalue weighted by Gasteiger charge is 2.23. The summed E-state index contributed by atoms with van der Waals surface area (Å²) < 4.78 is 26.5. The summed E-state index contributed by atoms with van der Waals surface area (Å²) in [6, 6.07) is 7.70. The Hall–Kier alpha value is -1.40. The highest BCUT2D eigenvalue weighted by Crippen LogP contribution is 2.29. The van der Waals surface area contributed by atoms with Crippen LogP contribution in [0.5, 0.6) is 5.75 Å². The van der Waals surface area contributed by atoms with Crippen molar-refractivity contribution in [1.82, 2.24) is 9.55 Å². The fourth-order valence-electron chi connectivity index (χ4n) is 2.52. The van der Waals surface area contributed by atoms with Crippen LogP contribution in [-0.4, -0.2) is 36.0 Å². The fraction of sp³-hybridized carbons (Fsp3) is 0.400. The van der Waals surface area contributed by atoms with E-state index < -0.39 is 12.8 Å². The number of alkyl halides is 1. The molecule has 0 N–H and O–H groups in total. The van der Waals surface area contributed by atoms with E-state index in [9.17, 15) is 4.39 Å². The average molecular weight is 355 g/mol. The SMILES string of the molecule is COc1ccc(-c2nc(Br)c3n2CC(CF)OCC3)cc1. The smallest absolute Gasteiger partial charge is 0.141 e. The third-order valence-corrected chi connectivity index (χ3v) is 4.26. The van der Waals surface area contributed by atoms with Gasteiger partial charge in [0, 0.05) is 12.0 Å². The first-order valence-electron chi connectivity index (χ1n) is 6.80. The van der Waals surface area contributed by atoms with Crippen molar-refractivity contribution in [3.8, 4) is 17.1 Å². The summed E-state index contributed by atoms with van der Waals surface area (Å²) in [6.45, 7) is 0.504. The topological polar surface area (TPSA) is 36.3 Å². The number of halogens is 2. The van der Waals surface area contributed by atoms with E-state index in [0.29, 0.717) is 13.2 Å². The number of imidazole rings is 1. The predicted octanol–water partition coefficient (Wildman–Crippen LogP) is 3.23. The molecule has 0 radical (unpaired) electrons. The first-order chi connectivity index (χ1) is 10.2. The van der Waals surface area contributed by atoms with Crippen LogP contribution in [0.3, 0.4) is 0 Å². The molecule has 0 spiro atoms. The first kappa shape index (κ1) is 14.5. The zero-order valence-corrected chi connectivity index (χ0v) is 13.3. The van der Waals surface area contributed by atoms with Crippen molar-refractivity contribution in [2.75, 3.05) is 20.4 Å². The monoisotopic (exact) mass is 354 g/mol. The second kappa shape index (κ2) is 6.15. The Kier molecular flexibility index (Phi) is 4.26. The van der Waals surface area contributed by atoms with Crippen molar-refractivity contribution in [2.45, 2.75) is 19.1 Å². The third kappa shape index (κ3) is 2.82. The number of benzene rings is 1. The second-order valence-electron chi connectivity index (χ2n) is 4.91. The molecule has 1 aliphatic rings. The van der Waals surface area contributed by atoms with Gasteiger partial charge >= 0.3 is 0 Å². The Morgan fingerprint density at radius 1 is 1.43 bits per heavy atom. The Labute approximate surface area is 131 Å². The molecule has 0 amide bonds. The maximum atomic E-state index is 13.0. The minimum Gasteiger partial charge on any atom is -0.497 e. The van der Waals surface area contributed by atoms with Gasteiger partial charge in [-0.05, 0) is 40.2 Å². The molecule has 6 heteroatoms. The fourth-order valence-corrected chi connectivity index (χ4v) is 3.10. The molecule has 1 aliphatic heterocycles. The number of fused-ring (bicyclic) bond motifs is 1. The largest absolute Gasteiger partial charge is 0.497 e. The summed E-state index contributed by atoms with van der Waals surface area (Å²) >= 11 is 3.50. The molecule has 0 fully saturated rings. The lowest BCUT2D eigenvalue weighted by Gasteiger charge is -2.14. The summed E-state index contributed by atoms with van der Waals surface area (Å²) in [5.41, 5.74) is 2.03. The molecule has 0 saturated heterocycles. The van der Waals surface area contributed by atoms with Gasteiger partial charge in [-0.25, -0.2) is 9.37 Å². The van der Waals surface area contributed by atoms with Gasteiger partial charge in [-0.15, -0.1) is 0 Å². The van der Waals surface area contributed by atoms with Gasteiger partial charge in [0.1, 0.15) is 29.0 Å². The quantitative estimate of drug-likeness (QED) is 0.848. The Morgan fingerprint density at radius 2 is 2.19 bits per heavy atom. The second-order valence-corrected chi connectivity index (χ2v) is 5.66. The summed E-state index contributed by atoms with van der Waals surface area (Å²) in [6.07, 6.45) is 0.310. The van der Waals surface area contributed by atoms with Crippen molar-refractivity contribution in [3.63, 3.8) is 0 Å². The summed E-state index contributed by atoms with van der Waals surface area (Å²) in [5, 5.41) is 0. The van der Waals surface area contributed by atoms with Crippen molar-refractivity contribution < 1.29 is 13.9 Å². The number of ether oxygens (including phenoxy) is 2. The Bertz CT molecular complexity index is 627. The molecule has 2 heterocycles. The van der Waals surface area contributed by atoms with Crippen LogP contribution < -0.4 is 4.74 Å². The van der Waals surface area contributed by atoms with E-state index in [1.807, 2.05) is 28.8 Å². The number of aromatic nitrogens is 2. The van der Waals surface area contributed by atoms with Crippen LogP contribution in [0.4, 0.5) is 4.39 Å². The van der Waals surface area contributed by atoms with Crippen molar-refractivity contribution in [2.24, 2.45) is 0 Å². The van der Waals surface area contributed by atoms with Crippen LogP contribution in [0.2, 0.25) is 0 Å². The van der Waals surface area contributed by atoms with Crippen molar-refractivity contribution >= 4 is 15.9 Å². The standard InChI is InChI=1S/C15H16BrFN2O2/c1-20-11-4-2-10(3-5-11)15-18-14(16)13-6-7-21-12(8-17)9-19(13)15/h2-5,12H,6-9H2,1H3. The Morgan fingerprint density at radius 3 is 2.86 bits per heavy atom. The van der Waals surface area contributed by atoms with Gasteiger partial charge in [0.05, 0.1) is 26.0 Å². The average Bonchev–Trinajstić information content (AvgIpc) is 2.71. The normalized spacial score (nSPS) is 18.1. The number of rotatable bonds is 3. The van der Waals surface area contributed by atoms with Crippen LogP contribution >= 0.6 is 15.9 Å². The predicted molar refractivity (Wildman–Crippen MR) is 81.3 cm³/mol. The first-order valence-corrected chi connectivity index (χ1v) is 7.59. The molecule has 21 heavy (non-hydrogen) atoms. The van der Waals surface area contributed by atoms with Crippen LogP contribution in [0, 0.1) is 0 Å². The molecular formula is C15H16BrFN2O2.